The first-order chi connectivity index (χ1) is 9.79. The minimum absolute atomic E-state index is 0.721. The zero-order valence-corrected chi connectivity index (χ0v) is 11.8. The van der Waals surface area contributed by atoms with Crippen molar-refractivity contribution in [1.82, 2.24) is 4.98 Å². The molecule has 4 saturated carbocycles. The second-order valence-corrected chi connectivity index (χ2v) is 7.45. The number of hydrogen-bond acceptors (Lipinski definition) is 1. The Kier molecular flexibility index (Phi) is 2.14. The summed E-state index contributed by atoms with van der Waals surface area (Å²) in [5.74, 6) is 5.50. The van der Waals surface area contributed by atoms with Crippen molar-refractivity contribution in [1.29, 1.82) is 0 Å². The van der Waals surface area contributed by atoms with Gasteiger partial charge in [-0.05, 0) is 67.8 Å². The van der Waals surface area contributed by atoms with Gasteiger partial charge in [-0.25, -0.2) is 0 Å². The van der Waals surface area contributed by atoms with Gasteiger partial charge in [0, 0.05) is 16.5 Å². The number of nitrogen functional groups attached to an aromatic ring is 1. The van der Waals surface area contributed by atoms with Crippen LogP contribution in [0.15, 0.2) is 24.3 Å². The molecule has 2 nitrogen and oxygen atoms in total. The van der Waals surface area contributed by atoms with Gasteiger partial charge >= 0.3 is 0 Å². The van der Waals surface area contributed by atoms with Gasteiger partial charge in [0.1, 0.15) is 5.82 Å². The summed E-state index contributed by atoms with van der Waals surface area (Å²) in [6.07, 6.45) is 7.34. The fraction of sp³-hybridized carbons (Fsp3) is 0.556. The summed E-state index contributed by atoms with van der Waals surface area (Å²) in [4.78, 5) is 3.41. The highest BCUT2D eigenvalue weighted by molar-refractivity contribution is 5.89. The summed E-state index contributed by atoms with van der Waals surface area (Å²) in [7, 11) is 0. The molecule has 0 atom stereocenters. The van der Waals surface area contributed by atoms with Gasteiger partial charge in [-0.15, -0.1) is 0 Å². The maximum absolute atomic E-state index is 6.38. The van der Waals surface area contributed by atoms with Gasteiger partial charge in [0.15, 0.2) is 0 Å². The van der Waals surface area contributed by atoms with Crippen molar-refractivity contribution in [3.05, 3.63) is 29.8 Å². The van der Waals surface area contributed by atoms with E-state index in [1.807, 2.05) is 0 Å². The first kappa shape index (κ1) is 11.2. The number of nitrogens with two attached hydrogens (primary N) is 1. The van der Waals surface area contributed by atoms with Crippen LogP contribution >= 0.6 is 0 Å². The summed E-state index contributed by atoms with van der Waals surface area (Å²) in [5, 5.41) is 1.38. The standard InChI is InChI=1S/C18H22N2/c19-18-17(14-3-1-2-4-15(14)20-18)16-12-6-10-5-11(8-12)9-13(16)7-10/h1-4,10-13,16,20H,5-9,19H2. The van der Waals surface area contributed by atoms with Crippen LogP contribution in [-0.2, 0) is 0 Å². The fourth-order valence-electron chi connectivity index (χ4n) is 5.94. The van der Waals surface area contributed by atoms with Crippen LogP contribution in [0.5, 0.6) is 0 Å². The minimum atomic E-state index is 0.721. The minimum Gasteiger partial charge on any atom is -0.385 e. The van der Waals surface area contributed by atoms with Crippen LogP contribution in [0.2, 0.25) is 0 Å². The van der Waals surface area contributed by atoms with Gasteiger partial charge in [-0.1, -0.05) is 18.2 Å². The Bertz CT molecular complexity index is 641. The highest BCUT2D eigenvalue weighted by atomic mass is 14.9. The van der Waals surface area contributed by atoms with E-state index in [2.05, 4.69) is 29.2 Å². The first-order valence-corrected chi connectivity index (χ1v) is 8.15. The molecule has 0 spiro atoms. The number of rotatable bonds is 1. The number of hydrogen-bond donors (Lipinski definition) is 2. The predicted octanol–water partition coefficient (Wildman–Crippen LogP) is 4.29. The highest BCUT2D eigenvalue weighted by Crippen LogP contribution is 2.61. The molecule has 104 valence electrons. The Balaban J connectivity index is 1.66. The smallest absolute Gasteiger partial charge is 0.105 e. The molecule has 4 aliphatic rings. The summed E-state index contributed by atoms with van der Waals surface area (Å²) in [6.45, 7) is 0. The molecule has 0 unspecified atom stereocenters. The summed E-state index contributed by atoms with van der Waals surface area (Å²) < 4.78 is 0. The molecule has 4 aliphatic carbocycles. The third-order valence-corrected chi connectivity index (χ3v) is 6.34. The molecule has 2 heteroatoms. The fourth-order valence-corrected chi connectivity index (χ4v) is 5.94. The molecule has 2 aromatic rings. The second kappa shape index (κ2) is 3.81. The topological polar surface area (TPSA) is 41.8 Å². The first-order valence-electron chi connectivity index (χ1n) is 8.15. The molecular weight excluding hydrogens is 244 g/mol. The van der Waals surface area contributed by atoms with Crippen LogP contribution in [0.25, 0.3) is 10.9 Å². The van der Waals surface area contributed by atoms with E-state index in [1.165, 1.54) is 48.6 Å². The zero-order chi connectivity index (χ0) is 13.3. The van der Waals surface area contributed by atoms with Gasteiger partial charge in [0.2, 0.25) is 0 Å². The maximum Gasteiger partial charge on any atom is 0.105 e. The van der Waals surface area contributed by atoms with E-state index in [4.69, 9.17) is 5.73 Å². The van der Waals surface area contributed by atoms with Gasteiger partial charge in [0.25, 0.3) is 0 Å². The molecule has 3 N–H and O–H groups in total. The number of aromatic amines is 1. The third-order valence-electron chi connectivity index (χ3n) is 6.34. The van der Waals surface area contributed by atoms with Crippen molar-refractivity contribution < 1.29 is 0 Å². The molecule has 0 radical (unpaired) electrons. The van der Waals surface area contributed by atoms with E-state index in [0.29, 0.717) is 0 Å². The molecule has 1 aromatic carbocycles. The SMILES string of the molecule is Nc1[nH]c2ccccc2c1C1C2CC3CC(C2)CC1C3. The van der Waals surface area contributed by atoms with Gasteiger partial charge in [-0.3, -0.25) is 0 Å². The number of H-pyrrole nitrogens is 1. The van der Waals surface area contributed by atoms with E-state index >= 15 is 0 Å². The second-order valence-electron chi connectivity index (χ2n) is 7.45. The van der Waals surface area contributed by atoms with Crippen LogP contribution in [0.1, 0.15) is 43.6 Å². The molecule has 0 amide bonds. The Labute approximate surface area is 119 Å². The Morgan fingerprint density at radius 2 is 1.55 bits per heavy atom. The van der Waals surface area contributed by atoms with Crippen molar-refractivity contribution in [2.45, 2.75) is 38.0 Å². The lowest BCUT2D eigenvalue weighted by molar-refractivity contribution is -0.00208. The molecule has 20 heavy (non-hydrogen) atoms. The number of fused-ring (bicyclic) bond motifs is 1. The van der Waals surface area contributed by atoms with Gasteiger partial charge in [0.05, 0.1) is 0 Å². The molecular formula is C18H22N2. The lowest BCUT2D eigenvalue weighted by Crippen LogP contribution is -2.43. The number of aromatic nitrogens is 1. The largest absolute Gasteiger partial charge is 0.385 e. The molecule has 1 aromatic heterocycles. The number of nitrogens with one attached hydrogen (secondary N) is 1. The van der Waals surface area contributed by atoms with Crippen molar-refractivity contribution in [2.75, 3.05) is 5.73 Å². The van der Waals surface area contributed by atoms with E-state index < -0.39 is 0 Å². The number of anilines is 1. The Morgan fingerprint density at radius 1 is 0.900 bits per heavy atom. The van der Waals surface area contributed by atoms with E-state index in [-0.39, 0.29) is 0 Å². The summed E-state index contributed by atoms with van der Waals surface area (Å²) in [5.41, 5.74) is 9.05. The van der Waals surface area contributed by atoms with Crippen molar-refractivity contribution >= 4 is 16.7 Å². The highest BCUT2D eigenvalue weighted by Gasteiger charge is 2.49. The molecule has 4 bridgehead atoms. The number of benzene rings is 1. The van der Waals surface area contributed by atoms with Crippen molar-refractivity contribution in [3.63, 3.8) is 0 Å². The lowest BCUT2D eigenvalue weighted by atomic mass is 9.50. The van der Waals surface area contributed by atoms with Crippen LogP contribution in [-0.4, -0.2) is 4.98 Å². The van der Waals surface area contributed by atoms with E-state index in [1.54, 1.807) is 0 Å². The Morgan fingerprint density at radius 3 is 2.25 bits per heavy atom. The molecule has 4 fully saturated rings. The van der Waals surface area contributed by atoms with Crippen molar-refractivity contribution in [3.8, 4) is 0 Å². The Hall–Kier alpha value is -1.44. The summed E-state index contributed by atoms with van der Waals surface area (Å²) >= 11 is 0. The van der Waals surface area contributed by atoms with Crippen LogP contribution in [0.4, 0.5) is 5.82 Å². The lowest BCUT2D eigenvalue weighted by Gasteiger charge is -2.54. The predicted molar refractivity (Wildman–Crippen MR) is 82.5 cm³/mol. The van der Waals surface area contributed by atoms with E-state index in [0.717, 1.165) is 35.4 Å². The quantitative estimate of drug-likeness (QED) is 0.794. The van der Waals surface area contributed by atoms with Gasteiger partial charge < -0.3 is 10.7 Å². The molecule has 1 heterocycles. The van der Waals surface area contributed by atoms with Crippen LogP contribution in [0.3, 0.4) is 0 Å². The summed E-state index contributed by atoms with van der Waals surface area (Å²) in [6, 6.07) is 8.65. The van der Waals surface area contributed by atoms with Gasteiger partial charge in [-0.2, -0.15) is 0 Å². The maximum atomic E-state index is 6.38. The average Bonchev–Trinajstić information content (AvgIpc) is 2.74. The molecule has 0 saturated heterocycles. The monoisotopic (exact) mass is 266 g/mol. The zero-order valence-electron chi connectivity index (χ0n) is 11.8. The normalized spacial score (nSPS) is 38.7. The third kappa shape index (κ3) is 1.40. The average molecular weight is 266 g/mol. The van der Waals surface area contributed by atoms with Crippen LogP contribution in [0, 0.1) is 23.7 Å². The van der Waals surface area contributed by atoms with E-state index in [9.17, 15) is 0 Å². The molecule has 6 rings (SSSR count). The van der Waals surface area contributed by atoms with Crippen LogP contribution < -0.4 is 5.73 Å². The van der Waals surface area contributed by atoms with Crippen molar-refractivity contribution in [2.24, 2.45) is 23.7 Å². The molecule has 0 aliphatic heterocycles. The number of para-hydroxylation sites is 1.